The van der Waals surface area contributed by atoms with E-state index in [1.807, 2.05) is 33.8 Å². The fourth-order valence-corrected chi connectivity index (χ4v) is 7.88. The van der Waals surface area contributed by atoms with Crippen LogP contribution in [0.4, 0.5) is 0 Å². The van der Waals surface area contributed by atoms with Crippen LogP contribution in [-0.4, -0.2) is 43.4 Å². The first-order valence-electron chi connectivity index (χ1n) is 13.0. The summed E-state index contributed by atoms with van der Waals surface area (Å²) in [5.74, 6) is -5.06. The highest BCUT2D eigenvalue weighted by Gasteiger charge is 2.71. The molecular weight excluding hydrogens is 484 g/mol. The Hall–Kier alpha value is -3.45. The number of fused-ring (bicyclic) bond motifs is 3. The van der Waals surface area contributed by atoms with Crippen molar-refractivity contribution in [1.82, 2.24) is 0 Å². The molecule has 4 aliphatic rings. The van der Waals surface area contributed by atoms with Gasteiger partial charge in [0.25, 0.3) is 0 Å². The third-order valence-corrected chi connectivity index (χ3v) is 9.28. The largest absolute Gasteiger partial charge is 0.511 e. The molecule has 0 radical (unpaired) electrons. The molecule has 7 heteroatoms. The number of benzene rings is 1. The average Bonchev–Trinajstić information content (AvgIpc) is 3.21. The molecule has 4 atom stereocenters. The van der Waals surface area contributed by atoms with Crippen LogP contribution in [0.2, 0.25) is 0 Å². The van der Waals surface area contributed by atoms with Crippen LogP contribution in [0.25, 0.3) is 5.57 Å². The molecule has 38 heavy (non-hydrogen) atoms. The lowest BCUT2D eigenvalue weighted by molar-refractivity contribution is -0.171. The van der Waals surface area contributed by atoms with E-state index in [-0.39, 0.29) is 41.4 Å². The van der Waals surface area contributed by atoms with E-state index in [0.717, 1.165) is 23.6 Å². The van der Waals surface area contributed by atoms with Gasteiger partial charge in [0.15, 0.2) is 17.2 Å². The highest BCUT2D eigenvalue weighted by molar-refractivity contribution is 6.25. The summed E-state index contributed by atoms with van der Waals surface area (Å²) in [7, 11) is 0. The fraction of sp³-hybridized carbons (Fsp3) is 0.452. The zero-order valence-electron chi connectivity index (χ0n) is 22.6. The molecular formula is C31H34O7. The maximum Gasteiger partial charge on any atom is 0.209 e. The predicted molar refractivity (Wildman–Crippen MR) is 142 cm³/mol. The number of carbonyl (C=O) groups excluding carboxylic acids is 3. The van der Waals surface area contributed by atoms with Gasteiger partial charge in [-0.25, -0.2) is 0 Å². The summed E-state index contributed by atoms with van der Waals surface area (Å²) in [6.45, 7) is 10.2. The van der Waals surface area contributed by atoms with Gasteiger partial charge in [0.1, 0.15) is 22.8 Å². The standard InChI is InChI=1S/C31H34O7/c1-14(2)23-25(34)21(16(4)32)27(36)31(38)28(37)24-26(35)22-19(12-29(24,5)13-30(23,31)6)18(9-10-20(22)33)17-8-7-15(3)11-17/h7,9-11,14,23,33-34,37-38H,8,12-13H2,1-6H3/t23?,29-,30-,31+/m1/s1. The molecule has 0 spiro atoms. The number of hydrogen-bond acceptors (Lipinski definition) is 7. The van der Waals surface area contributed by atoms with E-state index in [9.17, 15) is 34.8 Å². The quantitative estimate of drug-likeness (QED) is 0.410. The number of carbonyl (C=O) groups is 3. The molecule has 0 saturated carbocycles. The fourth-order valence-electron chi connectivity index (χ4n) is 7.88. The highest BCUT2D eigenvalue weighted by atomic mass is 16.3. The Balaban J connectivity index is 1.80. The summed E-state index contributed by atoms with van der Waals surface area (Å²) in [6, 6.07) is 3.25. The predicted octanol–water partition coefficient (Wildman–Crippen LogP) is 5.08. The third kappa shape index (κ3) is 3.08. The van der Waals surface area contributed by atoms with Gasteiger partial charge in [-0.3, -0.25) is 14.4 Å². The van der Waals surface area contributed by atoms with Crippen molar-refractivity contribution in [2.24, 2.45) is 22.7 Å². The zero-order chi connectivity index (χ0) is 28.1. The number of phenolic OH excluding ortho intramolecular Hbond substituents is 1. The van der Waals surface area contributed by atoms with Crippen LogP contribution in [0.15, 0.2) is 52.5 Å². The van der Waals surface area contributed by atoms with E-state index >= 15 is 0 Å². The van der Waals surface area contributed by atoms with Crippen molar-refractivity contribution in [3.63, 3.8) is 0 Å². The van der Waals surface area contributed by atoms with Crippen LogP contribution in [-0.2, 0) is 16.0 Å². The van der Waals surface area contributed by atoms with Crippen molar-refractivity contribution in [3.8, 4) is 5.75 Å². The van der Waals surface area contributed by atoms with Crippen LogP contribution < -0.4 is 0 Å². The molecule has 1 unspecified atom stereocenters. The van der Waals surface area contributed by atoms with Gasteiger partial charge in [0.05, 0.1) is 5.56 Å². The SMILES string of the molecule is CC(=O)C1=C(O)C(C(C)C)[C@@]2(C)C[C@@]3(C)Cc4c(C5=CC(C)=CC5)ccc(O)c4C(=O)C3=C(O)[C@@]2(O)C1=O. The van der Waals surface area contributed by atoms with Crippen LogP contribution >= 0.6 is 0 Å². The molecule has 4 aliphatic carbocycles. The van der Waals surface area contributed by atoms with E-state index in [2.05, 4.69) is 6.08 Å². The van der Waals surface area contributed by atoms with E-state index in [4.69, 9.17) is 0 Å². The van der Waals surface area contributed by atoms with Crippen molar-refractivity contribution in [2.75, 3.05) is 0 Å². The van der Waals surface area contributed by atoms with Crippen LogP contribution in [0.5, 0.6) is 5.75 Å². The van der Waals surface area contributed by atoms with Crippen LogP contribution in [0, 0.1) is 22.7 Å². The lowest BCUT2D eigenvalue weighted by atomic mass is 9.44. The summed E-state index contributed by atoms with van der Waals surface area (Å²) >= 11 is 0. The van der Waals surface area contributed by atoms with Crippen molar-refractivity contribution in [3.05, 3.63) is 69.2 Å². The molecule has 7 nitrogen and oxygen atoms in total. The molecule has 0 fully saturated rings. The van der Waals surface area contributed by atoms with Crippen LogP contribution in [0.3, 0.4) is 0 Å². The maximum atomic E-state index is 14.1. The minimum Gasteiger partial charge on any atom is -0.511 e. The van der Waals surface area contributed by atoms with E-state index in [0.29, 0.717) is 12.0 Å². The summed E-state index contributed by atoms with van der Waals surface area (Å²) in [4.78, 5) is 40.3. The molecule has 1 aromatic rings. The van der Waals surface area contributed by atoms with E-state index in [1.54, 1.807) is 13.0 Å². The first-order chi connectivity index (χ1) is 17.6. The number of hydrogen-bond donors (Lipinski definition) is 4. The molecule has 200 valence electrons. The monoisotopic (exact) mass is 518 g/mol. The Kier molecular flexibility index (Phi) is 5.53. The van der Waals surface area contributed by atoms with Crippen molar-refractivity contribution < 1.29 is 34.8 Å². The van der Waals surface area contributed by atoms with Gasteiger partial charge in [-0.2, -0.15) is 0 Å². The molecule has 4 N–H and O–H groups in total. The number of Topliss-reactive ketones (excluding diaryl/α,β-unsaturated/α-hetero) is 3. The van der Waals surface area contributed by atoms with Gasteiger partial charge >= 0.3 is 0 Å². The smallest absolute Gasteiger partial charge is 0.209 e. The summed E-state index contributed by atoms with van der Waals surface area (Å²) in [5, 5.41) is 45.8. The number of phenols is 1. The topological polar surface area (TPSA) is 132 Å². The molecule has 0 aliphatic heterocycles. The number of aromatic hydroxyl groups is 1. The number of rotatable bonds is 3. The molecule has 0 aromatic heterocycles. The van der Waals surface area contributed by atoms with Gasteiger partial charge in [-0.15, -0.1) is 0 Å². The molecule has 0 bridgehead atoms. The van der Waals surface area contributed by atoms with Gasteiger partial charge in [-0.1, -0.05) is 51.5 Å². The van der Waals surface area contributed by atoms with Crippen molar-refractivity contribution in [1.29, 1.82) is 0 Å². The zero-order valence-corrected chi connectivity index (χ0v) is 22.6. The Morgan fingerprint density at radius 3 is 2.32 bits per heavy atom. The van der Waals surface area contributed by atoms with Gasteiger partial charge in [0, 0.05) is 22.3 Å². The lowest BCUT2D eigenvalue weighted by Gasteiger charge is -2.59. The normalized spacial score (nSPS) is 32.7. The highest BCUT2D eigenvalue weighted by Crippen LogP contribution is 2.65. The lowest BCUT2D eigenvalue weighted by Crippen LogP contribution is -2.67. The minimum atomic E-state index is -2.60. The summed E-state index contributed by atoms with van der Waals surface area (Å²) < 4.78 is 0. The van der Waals surface area contributed by atoms with Crippen LogP contribution in [0.1, 0.15) is 75.9 Å². The third-order valence-electron chi connectivity index (χ3n) is 9.28. The molecule has 0 amide bonds. The number of aliphatic hydroxyl groups is 3. The number of ketones is 3. The molecule has 1 aromatic carbocycles. The Morgan fingerprint density at radius 2 is 1.76 bits per heavy atom. The summed E-state index contributed by atoms with van der Waals surface area (Å²) in [5.41, 5.74) is -2.07. The van der Waals surface area contributed by atoms with Gasteiger partial charge < -0.3 is 20.4 Å². The van der Waals surface area contributed by atoms with E-state index < -0.39 is 51.0 Å². The Morgan fingerprint density at radius 1 is 1.11 bits per heavy atom. The minimum absolute atomic E-state index is 0.0491. The van der Waals surface area contributed by atoms with E-state index in [1.165, 1.54) is 6.07 Å². The Labute approximate surface area is 221 Å². The first kappa shape index (κ1) is 26.2. The maximum absolute atomic E-state index is 14.1. The molecule has 0 heterocycles. The summed E-state index contributed by atoms with van der Waals surface area (Å²) in [6.07, 6.45) is 5.17. The van der Waals surface area contributed by atoms with Gasteiger partial charge in [-0.05, 0) is 61.8 Å². The molecule has 5 rings (SSSR count). The van der Waals surface area contributed by atoms with Crippen molar-refractivity contribution >= 4 is 22.9 Å². The Bertz CT molecular complexity index is 1470. The number of allylic oxidation sites excluding steroid dienone is 6. The van der Waals surface area contributed by atoms with Gasteiger partial charge in [0.2, 0.25) is 5.78 Å². The first-order valence-corrected chi connectivity index (χ1v) is 13.0. The number of aliphatic hydroxyl groups excluding tert-OH is 2. The average molecular weight is 519 g/mol. The van der Waals surface area contributed by atoms with Crippen molar-refractivity contribution in [2.45, 2.75) is 66.4 Å². The molecule has 0 saturated heterocycles. The second-order valence-electron chi connectivity index (χ2n) is 12.3. The second kappa shape index (κ2) is 8.03. The second-order valence-corrected chi connectivity index (χ2v) is 12.3.